The van der Waals surface area contributed by atoms with Crippen molar-refractivity contribution in [2.75, 3.05) is 25.1 Å². The van der Waals surface area contributed by atoms with Gasteiger partial charge in [0.2, 0.25) is 0 Å². The number of hydrogen-bond acceptors (Lipinski definition) is 5. The first kappa shape index (κ1) is 22.2. The lowest BCUT2D eigenvalue weighted by atomic mass is 9.99. The van der Waals surface area contributed by atoms with Gasteiger partial charge in [-0.15, -0.1) is 17.0 Å². The number of anilines is 1. The Morgan fingerprint density at radius 2 is 1.86 bits per heavy atom. The third kappa shape index (κ3) is 5.25. The molecule has 28 heavy (non-hydrogen) atoms. The quantitative estimate of drug-likeness (QED) is 0.524. The molecule has 7 heteroatoms. The van der Waals surface area contributed by atoms with Gasteiger partial charge in [0.15, 0.2) is 0 Å². The number of aliphatic hydroxyl groups excluding tert-OH is 1. The molecular formula is C21H25BrFN3O2. The Kier molecular flexibility index (Phi) is 8.29. The standard InChI is InChI=1S/C21H24FN3O2.BrH/c1-14(2)19-11-21(25-13-24-19)23-12-20(27-10-9-26)17-7-8-18(22)16-6-4-3-5-15(16)17;/h3-8,11,13-14,20,26H,9-10,12H2,1-2H3,(H,23,24,25);1H. The van der Waals surface area contributed by atoms with E-state index in [4.69, 9.17) is 4.74 Å². The van der Waals surface area contributed by atoms with E-state index in [-0.39, 0.29) is 42.1 Å². The number of rotatable bonds is 8. The monoisotopic (exact) mass is 449 g/mol. The molecule has 1 unspecified atom stereocenters. The van der Waals surface area contributed by atoms with E-state index >= 15 is 0 Å². The normalized spacial score (nSPS) is 12.0. The molecule has 2 aromatic carbocycles. The molecule has 1 aromatic heterocycles. The highest BCUT2D eigenvalue weighted by Gasteiger charge is 2.17. The maximum Gasteiger partial charge on any atom is 0.131 e. The van der Waals surface area contributed by atoms with Gasteiger partial charge in [0.05, 0.1) is 13.2 Å². The predicted molar refractivity (Wildman–Crippen MR) is 115 cm³/mol. The summed E-state index contributed by atoms with van der Waals surface area (Å²) >= 11 is 0. The molecule has 0 aliphatic carbocycles. The van der Waals surface area contributed by atoms with Gasteiger partial charge < -0.3 is 15.2 Å². The van der Waals surface area contributed by atoms with Crippen LogP contribution in [0.1, 0.15) is 37.1 Å². The van der Waals surface area contributed by atoms with Crippen molar-refractivity contribution in [1.82, 2.24) is 9.97 Å². The van der Waals surface area contributed by atoms with Crippen molar-refractivity contribution in [3.63, 3.8) is 0 Å². The molecule has 3 aromatic rings. The molecule has 3 rings (SSSR count). The van der Waals surface area contributed by atoms with Gasteiger partial charge in [0.25, 0.3) is 0 Å². The molecule has 0 amide bonds. The molecule has 150 valence electrons. The number of ether oxygens (including phenoxy) is 1. The van der Waals surface area contributed by atoms with Crippen LogP contribution in [-0.4, -0.2) is 34.8 Å². The number of fused-ring (bicyclic) bond motifs is 1. The summed E-state index contributed by atoms with van der Waals surface area (Å²) in [6.07, 6.45) is 1.18. The fourth-order valence-corrected chi connectivity index (χ4v) is 3.00. The number of halogens is 2. The highest BCUT2D eigenvalue weighted by molar-refractivity contribution is 8.93. The number of benzene rings is 2. The van der Waals surface area contributed by atoms with Crippen LogP contribution in [-0.2, 0) is 4.74 Å². The summed E-state index contributed by atoms with van der Waals surface area (Å²) < 4.78 is 20.0. The van der Waals surface area contributed by atoms with Gasteiger partial charge in [0.1, 0.15) is 24.1 Å². The highest BCUT2D eigenvalue weighted by atomic mass is 79.9. The number of hydrogen-bond donors (Lipinski definition) is 2. The summed E-state index contributed by atoms with van der Waals surface area (Å²) in [5.41, 5.74) is 1.82. The Morgan fingerprint density at radius 3 is 2.57 bits per heavy atom. The fourth-order valence-electron chi connectivity index (χ4n) is 3.00. The summed E-state index contributed by atoms with van der Waals surface area (Å²) in [6.45, 7) is 4.69. The van der Waals surface area contributed by atoms with Crippen LogP contribution < -0.4 is 5.32 Å². The zero-order valence-corrected chi connectivity index (χ0v) is 17.6. The van der Waals surface area contributed by atoms with Crippen molar-refractivity contribution in [1.29, 1.82) is 0 Å². The first-order chi connectivity index (χ1) is 13.1. The Balaban J connectivity index is 0.00000280. The molecule has 0 saturated heterocycles. The van der Waals surface area contributed by atoms with E-state index in [0.29, 0.717) is 23.7 Å². The number of aliphatic hydroxyl groups is 1. The summed E-state index contributed by atoms with van der Waals surface area (Å²) in [7, 11) is 0. The summed E-state index contributed by atoms with van der Waals surface area (Å²) in [5, 5.41) is 13.8. The van der Waals surface area contributed by atoms with Crippen LogP contribution in [0.5, 0.6) is 0 Å². The van der Waals surface area contributed by atoms with Crippen LogP contribution >= 0.6 is 17.0 Å². The molecule has 1 atom stereocenters. The van der Waals surface area contributed by atoms with E-state index in [1.807, 2.05) is 24.3 Å². The zero-order valence-electron chi connectivity index (χ0n) is 15.9. The van der Waals surface area contributed by atoms with Crippen molar-refractivity contribution < 1.29 is 14.2 Å². The first-order valence-corrected chi connectivity index (χ1v) is 9.05. The Bertz CT molecular complexity index is 908. The summed E-state index contributed by atoms with van der Waals surface area (Å²) in [5.74, 6) is 0.745. The largest absolute Gasteiger partial charge is 0.394 e. The predicted octanol–water partition coefficient (Wildman–Crippen LogP) is 4.63. The lowest BCUT2D eigenvalue weighted by Crippen LogP contribution is -2.18. The fraction of sp³-hybridized carbons (Fsp3) is 0.333. The van der Waals surface area contributed by atoms with Crippen molar-refractivity contribution in [3.05, 3.63) is 65.9 Å². The van der Waals surface area contributed by atoms with Crippen LogP contribution in [0.2, 0.25) is 0 Å². The van der Waals surface area contributed by atoms with E-state index in [9.17, 15) is 9.50 Å². The number of aromatic nitrogens is 2. The lowest BCUT2D eigenvalue weighted by molar-refractivity contribution is 0.0359. The molecule has 0 aliphatic heterocycles. The van der Waals surface area contributed by atoms with Crippen molar-refractivity contribution in [3.8, 4) is 0 Å². The average Bonchev–Trinajstić information content (AvgIpc) is 2.69. The van der Waals surface area contributed by atoms with Gasteiger partial charge in [-0.25, -0.2) is 14.4 Å². The SMILES string of the molecule is Br.CC(C)c1cc(NCC(OCCO)c2ccc(F)c3ccccc23)ncn1. The lowest BCUT2D eigenvalue weighted by Gasteiger charge is -2.21. The van der Waals surface area contributed by atoms with Crippen LogP contribution in [0.15, 0.2) is 48.8 Å². The van der Waals surface area contributed by atoms with E-state index < -0.39 is 0 Å². The van der Waals surface area contributed by atoms with Crippen LogP contribution in [0.4, 0.5) is 10.2 Å². The molecule has 0 fully saturated rings. The number of nitrogens with one attached hydrogen (secondary N) is 1. The number of nitrogens with zero attached hydrogens (tertiary/aromatic N) is 2. The van der Waals surface area contributed by atoms with Crippen molar-refractivity contribution in [2.24, 2.45) is 0 Å². The van der Waals surface area contributed by atoms with Crippen molar-refractivity contribution >= 4 is 33.6 Å². The van der Waals surface area contributed by atoms with Crippen molar-refractivity contribution in [2.45, 2.75) is 25.9 Å². The second-order valence-corrected chi connectivity index (χ2v) is 6.63. The average molecular weight is 450 g/mol. The molecule has 2 N–H and O–H groups in total. The summed E-state index contributed by atoms with van der Waals surface area (Å²) in [6, 6.07) is 12.4. The van der Waals surface area contributed by atoms with Gasteiger partial charge in [-0.1, -0.05) is 44.2 Å². The smallest absolute Gasteiger partial charge is 0.131 e. The molecular weight excluding hydrogens is 425 g/mol. The summed E-state index contributed by atoms with van der Waals surface area (Å²) in [4.78, 5) is 8.52. The third-order valence-corrected chi connectivity index (χ3v) is 4.41. The van der Waals surface area contributed by atoms with Gasteiger partial charge in [-0.3, -0.25) is 0 Å². The van der Waals surface area contributed by atoms with E-state index in [1.54, 1.807) is 12.1 Å². The first-order valence-electron chi connectivity index (χ1n) is 9.05. The van der Waals surface area contributed by atoms with Gasteiger partial charge in [-0.2, -0.15) is 0 Å². The molecule has 0 radical (unpaired) electrons. The molecule has 0 bridgehead atoms. The van der Waals surface area contributed by atoms with Gasteiger partial charge >= 0.3 is 0 Å². The van der Waals surface area contributed by atoms with Crippen LogP contribution in [0.3, 0.4) is 0 Å². The van der Waals surface area contributed by atoms with Gasteiger partial charge in [0, 0.05) is 23.7 Å². The Morgan fingerprint density at radius 1 is 1.11 bits per heavy atom. The minimum absolute atomic E-state index is 0. The molecule has 0 saturated carbocycles. The van der Waals surface area contributed by atoms with Crippen LogP contribution in [0, 0.1) is 5.82 Å². The maximum absolute atomic E-state index is 14.1. The highest BCUT2D eigenvalue weighted by Crippen LogP contribution is 2.29. The van der Waals surface area contributed by atoms with E-state index in [1.165, 1.54) is 12.4 Å². The van der Waals surface area contributed by atoms with E-state index in [0.717, 1.165) is 16.6 Å². The Labute approximate surface area is 174 Å². The van der Waals surface area contributed by atoms with Gasteiger partial charge in [-0.05, 0) is 22.9 Å². The molecule has 0 spiro atoms. The van der Waals surface area contributed by atoms with Crippen LogP contribution in [0.25, 0.3) is 10.8 Å². The minimum atomic E-state index is -0.361. The molecule has 5 nitrogen and oxygen atoms in total. The maximum atomic E-state index is 14.1. The second-order valence-electron chi connectivity index (χ2n) is 6.63. The molecule has 1 heterocycles. The minimum Gasteiger partial charge on any atom is -0.394 e. The third-order valence-electron chi connectivity index (χ3n) is 4.41. The Hall–Kier alpha value is -2.09. The second kappa shape index (κ2) is 10.5. The zero-order chi connectivity index (χ0) is 19.2. The topological polar surface area (TPSA) is 67.3 Å². The van der Waals surface area contributed by atoms with E-state index in [2.05, 4.69) is 29.1 Å². The molecule has 0 aliphatic rings.